The Kier molecular flexibility index (Phi) is 5.99. The Morgan fingerprint density at radius 2 is 1.70 bits per heavy atom. The molecule has 1 N–H and O–H groups in total. The topological polar surface area (TPSA) is 58.5 Å². The highest BCUT2D eigenvalue weighted by molar-refractivity contribution is 5.64. The van der Waals surface area contributed by atoms with Crippen LogP contribution in [0.25, 0.3) is 5.69 Å². The van der Waals surface area contributed by atoms with Gasteiger partial charge in [-0.15, -0.1) is 5.10 Å². The SMILES string of the molecule is CC(C)c1cc(Nc2ncn(-c3cc(F)cc(F)c3)n2)cc(N2CCN(C3COC3)CC2)c1.[HH]. The first-order valence-corrected chi connectivity index (χ1v) is 11.3. The van der Waals surface area contributed by atoms with Crippen LogP contribution in [0.4, 0.5) is 26.1 Å². The van der Waals surface area contributed by atoms with Gasteiger partial charge in [-0.2, -0.15) is 4.98 Å². The van der Waals surface area contributed by atoms with E-state index in [4.69, 9.17) is 4.74 Å². The Labute approximate surface area is 193 Å². The van der Waals surface area contributed by atoms with Gasteiger partial charge >= 0.3 is 0 Å². The first-order valence-electron chi connectivity index (χ1n) is 11.3. The minimum atomic E-state index is -0.658. The average Bonchev–Trinajstić information content (AvgIpc) is 3.21. The van der Waals surface area contributed by atoms with Gasteiger partial charge in [0.1, 0.15) is 18.0 Å². The Morgan fingerprint density at radius 1 is 0.970 bits per heavy atom. The number of benzene rings is 2. The molecule has 33 heavy (non-hydrogen) atoms. The first-order chi connectivity index (χ1) is 15.9. The van der Waals surface area contributed by atoms with Crippen LogP contribution in [0.1, 0.15) is 26.8 Å². The van der Waals surface area contributed by atoms with Crippen molar-refractivity contribution in [1.29, 1.82) is 0 Å². The number of ether oxygens (including phenoxy) is 1. The van der Waals surface area contributed by atoms with Crippen molar-refractivity contribution in [1.82, 2.24) is 19.7 Å². The van der Waals surface area contributed by atoms with Crippen molar-refractivity contribution < 1.29 is 14.9 Å². The molecular formula is C24H30F2N6O. The summed E-state index contributed by atoms with van der Waals surface area (Å²) >= 11 is 0. The number of hydrogen-bond donors (Lipinski definition) is 1. The highest BCUT2D eigenvalue weighted by Crippen LogP contribution is 2.29. The summed E-state index contributed by atoms with van der Waals surface area (Å²) in [6.07, 6.45) is 1.44. The van der Waals surface area contributed by atoms with Gasteiger partial charge in [0, 0.05) is 45.0 Å². The Morgan fingerprint density at radius 3 is 2.33 bits per heavy atom. The number of hydrogen-bond acceptors (Lipinski definition) is 6. The van der Waals surface area contributed by atoms with Crippen LogP contribution in [0, 0.1) is 11.6 Å². The molecule has 0 saturated carbocycles. The third-order valence-corrected chi connectivity index (χ3v) is 6.28. The van der Waals surface area contributed by atoms with Gasteiger partial charge in [-0.25, -0.2) is 13.5 Å². The van der Waals surface area contributed by atoms with E-state index in [2.05, 4.69) is 57.2 Å². The molecule has 2 aliphatic heterocycles. The number of rotatable bonds is 6. The van der Waals surface area contributed by atoms with Crippen molar-refractivity contribution in [2.24, 2.45) is 0 Å². The highest BCUT2D eigenvalue weighted by Gasteiger charge is 2.29. The van der Waals surface area contributed by atoms with E-state index >= 15 is 0 Å². The molecule has 7 nitrogen and oxygen atoms in total. The molecule has 2 saturated heterocycles. The van der Waals surface area contributed by atoms with Gasteiger partial charge in [-0.3, -0.25) is 4.90 Å². The van der Waals surface area contributed by atoms with E-state index in [1.165, 1.54) is 34.4 Å². The fraction of sp³-hybridized carbons (Fsp3) is 0.417. The molecule has 0 spiro atoms. The lowest BCUT2D eigenvalue weighted by Gasteiger charge is -2.43. The maximum atomic E-state index is 13.6. The lowest BCUT2D eigenvalue weighted by Crippen LogP contribution is -2.56. The van der Waals surface area contributed by atoms with Crippen molar-refractivity contribution in [2.45, 2.75) is 25.8 Å². The second-order valence-corrected chi connectivity index (χ2v) is 8.95. The van der Waals surface area contributed by atoms with E-state index in [9.17, 15) is 8.78 Å². The van der Waals surface area contributed by atoms with Gasteiger partial charge in [0.05, 0.1) is 24.9 Å². The first kappa shape index (κ1) is 21.8. The van der Waals surface area contributed by atoms with Crippen LogP contribution in [0.5, 0.6) is 0 Å². The van der Waals surface area contributed by atoms with Crippen LogP contribution in [0.2, 0.25) is 0 Å². The number of anilines is 3. The van der Waals surface area contributed by atoms with E-state index < -0.39 is 11.6 Å². The smallest absolute Gasteiger partial charge is 0.246 e. The minimum absolute atomic E-state index is 0. The third-order valence-electron chi connectivity index (χ3n) is 6.28. The van der Waals surface area contributed by atoms with Gasteiger partial charge in [0.2, 0.25) is 5.95 Å². The van der Waals surface area contributed by atoms with Crippen LogP contribution in [0.3, 0.4) is 0 Å². The molecule has 0 radical (unpaired) electrons. The molecule has 176 valence electrons. The van der Waals surface area contributed by atoms with Crippen LogP contribution in [-0.4, -0.2) is 65.1 Å². The maximum Gasteiger partial charge on any atom is 0.246 e. The summed E-state index contributed by atoms with van der Waals surface area (Å²) in [5.41, 5.74) is 3.55. The van der Waals surface area contributed by atoms with Gasteiger partial charge in [-0.05, 0) is 41.8 Å². The van der Waals surface area contributed by atoms with E-state index in [0.717, 1.165) is 51.1 Å². The largest absolute Gasteiger partial charge is 0.378 e. The molecule has 9 heteroatoms. The Bertz CT molecular complexity index is 1110. The molecule has 1 aromatic heterocycles. The fourth-order valence-electron chi connectivity index (χ4n) is 4.25. The van der Waals surface area contributed by atoms with Crippen molar-refractivity contribution in [3.63, 3.8) is 0 Å². The van der Waals surface area contributed by atoms with Crippen LogP contribution in [-0.2, 0) is 4.74 Å². The zero-order valence-corrected chi connectivity index (χ0v) is 18.8. The van der Waals surface area contributed by atoms with Crippen LogP contribution >= 0.6 is 0 Å². The summed E-state index contributed by atoms with van der Waals surface area (Å²) in [4.78, 5) is 9.20. The summed E-state index contributed by atoms with van der Waals surface area (Å²) in [6, 6.07) is 10.3. The maximum absolute atomic E-state index is 13.6. The molecule has 2 aliphatic rings. The molecule has 3 heterocycles. The monoisotopic (exact) mass is 456 g/mol. The summed E-state index contributed by atoms with van der Waals surface area (Å²) in [5.74, 6) is -0.593. The van der Waals surface area contributed by atoms with Crippen molar-refractivity contribution >= 4 is 17.3 Å². The normalized spacial score (nSPS) is 17.4. The summed E-state index contributed by atoms with van der Waals surface area (Å²) in [7, 11) is 0. The molecule has 5 rings (SSSR count). The molecular weight excluding hydrogens is 426 g/mol. The second kappa shape index (κ2) is 9.07. The number of nitrogens with zero attached hydrogens (tertiary/aromatic N) is 5. The van der Waals surface area contributed by atoms with Crippen LogP contribution < -0.4 is 10.2 Å². The lowest BCUT2D eigenvalue weighted by atomic mass is 10.0. The highest BCUT2D eigenvalue weighted by atomic mass is 19.1. The van der Waals surface area contributed by atoms with E-state index in [1.807, 2.05) is 0 Å². The molecule has 0 atom stereocenters. The van der Waals surface area contributed by atoms with E-state index in [-0.39, 0.29) is 7.11 Å². The Hall–Kier alpha value is -3.04. The van der Waals surface area contributed by atoms with Gasteiger partial charge in [0.25, 0.3) is 0 Å². The second-order valence-electron chi connectivity index (χ2n) is 8.95. The summed E-state index contributed by atoms with van der Waals surface area (Å²) in [5, 5.41) is 7.61. The molecule has 0 amide bonds. The third kappa shape index (κ3) is 4.84. The summed E-state index contributed by atoms with van der Waals surface area (Å²) in [6.45, 7) is 10.0. The van der Waals surface area contributed by atoms with Gasteiger partial charge in [0.15, 0.2) is 0 Å². The van der Waals surface area contributed by atoms with Crippen LogP contribution in [0.15, 0.2) is 42.7 Å². The lowest BCUT2D eigenvalue weighted by molar-refractivity contribution is -0.0660. The number of nitrogens with one attached hydrogen (secondary N) is 1. The van der Waals surface area contributed by atoms with Gasteiger partial charge < -0.3 is 15.0 Å². The minimum Gasteiger partial charge on any atom is -0.378 e. The van der Waals surface area contributed by atoms with Crippen molar-refractivity contribution in [2.75, 3.05) is 49.6 Å². The van der Waals surface area contributed by atoms with Crippen molar-refractivity contribution in [3.8, 4) is 5.69 Å². The standard InChI is InChI=1S/C24H28F2N6O.H2/c1-16(2)17-7-20(12-21(8-17)30-3-5-31(6-4-30)23-13-33-14-23)28-24-27-15-32(29-24)22-10-18(25)9-19(26)11-22;/h7-12,15-16,23H,3-6,13-14H2,1-2H3,(H,28,29);1H. The molecule has 3 aromatic rings. The predicted molar refractivity (Wildman–Crippen MR) is 126 cm³/mol. The van der Waals surface area contributed by atoms with Crippen molar-refractivity contribution in [3.05, 3.63) is 59.9 Å². The quantitative estimate of drug-likeness (QED) is 0.601. The number of halogens is 2. The fourth-order valence-corrected chi connectivity index (χ4v) is 4.25. The zero-order chi connectivity index (χ0) is 22.9. The molecule has 0 bridgehead atoms. The number of aromatic nitrogens is 3. The Balaban J connectivity index is 0.00000274. The van der Waals surface area contributed by atoms with E-state index in [1.54, 1.807) is 0 Å². The average molecular weight is 457 g/mol. The zero-order valence-electron chi connectivity index (χ0n) is 18.8. The summed E-state index contributed by atoms with van der Waals surface area (Å²) < 4.78 is 33.8. The molecule has 2 aromatic carbocycles. The van der Waals surface area contributed by atoms with E-state index in [0.29, 0.717) is 17.9 Å². The molecule has 0 unspecified atom stereocenters. The molecule has 2 fully saturated rings. The predicted octanol–water partition coefficient (Wildman–Crippen LogP) is 4.18. The number of piperazine rings is 1. The molecule has 0 aliphatic carbocycles. The van der Waals surface area contributed by atoms with Gasteiger partial charge in [-0.1, -0.05) is 13.8 Å².